The molecule has 0 radical (unpaired) electrons. The van der Waals surface area contributed by atoms with Crippen molar-refractivity contribution in [2.24, 2.45) is 0 Å². The number of rotatable bonds is 3. The third kappa shape index (κ3) is 3.42. The van der Waals surface area contributed by atoms with E-state index < -0.39 is 5.54 Å². The first kappa shape index (κ1) is 14.7. The number of nitriles is 1. The minimum atomic E-state index is -0.821. The number of ketones is 1. The summed E-state index contributed by atoms with van der Waals surface area (Å²) in [6.07, 6.45) is 3.19. The monoisotopic (exact) mass is 293 g/mol. The quantitative estimate of drug-likeness (QED) is 0.920. The second-order valence-electron chi connectivity index (χ2n) is 5.41. The third-order valence-electron chi connectivity index (χ3n) is 3.20. The molecule has 0 amide bonds. The number of hydrogen-bond donors (Lipinski definition) is 1. The second kappa shape index (κ2) is 5.71. The van der Waals surface area contributed by atoms with Gasteiger partial charge in [0.05, 0.1) is 12.0 Å². The van der Waals surface area contributed by atoms with Crippen molar-refractivity contribution in [2.75, 3.05) is 5.32 Å². The lowest BCUT2D eigenvalue weighted by Crippen LogP contribution is -2.30. The average molecular weight is 294 g/mol. The van der Waals surface area contributed by atoms with Crippen molar-refractivity contribution in [1.29, 1.82) is 5.26 Å². The van der Waals surface area contributed by atoms with Crippen LogP contribution in [0, 0.1) is 11.3 Å². The Kier molecular flexibility index (Phi) is 4.19. The van der Waals surface area contributed by atoms with E-state index in [1.165, 1.54) is 0 Å². The zero-order valence-corrected chi connectivity index (χ0v) is 12.2. The highest BCUT2D eigenvalue weighted by atomic mass is 35.5. The molecule has 0 saturated heterocycles. The predicted octanol–water partition coefficient (Wildman–Crippen LogP) is 2.47. The molecule has 0 bridgehead atoms. The standard InChI is InChI=1S/C13H16ClN5O/c1-13(2,7-15)19-12-17-10(16-11(14)18-12)8-5-3-4-6-9(8)20/h8H,3-6H2,1-2H3,(H,16,17,18,19). The minimum absolute atomic E-state index is 0.0320. The van der Waals surface area contributed by atoms with Crippen molar-refractivity contribution in [3.05, 3.63) is 11.1 Å². The van der Waals surface area contributed by atoms with Crippen LogP contribution in [-0.2, 0) is 4.79 Å². The molecular formula is C13H16ClN5O. The Morgan fingerprint density at radius 1 is 1.35 bits per heavy atom. The zero-order chi connectivity index (χ0) is 14.8. The summed E-state index contributed by atoms with van der Waals surface area (Å²) in [6, 6.07) is 2.10. The van der Waals surface area contributed by atoms with Crippen LogP contribution in [0.25, 0.3) is 0 Å². The van der Waals surface area contributed by atoms with Gasteiger partial charge >= 0.3 is 0 Å². The Labute approximate surface area is 122 Å². The molecule has 1 atom stereocenters. The van der Waals surface area contributed by atoms with Gasteiger partial charge in [-0.05, 0) is 38.3 Å². The van der Waals surface area contributed by atoms with Crippen molar-refractivity contribution in [3.8, 4) is 6.07 Å². The molecule has 1 aliphatic rings. The van der Waals surface area contributed by atoms with E-state index in [-0.39, 0.29) is 22.9 Å². The van der Waals surface area contributed by atoms with Crippen LogP contribution in [0.4, 0.5) is 5.95 Å². The number of nitrogens with zero attached hydrogens (tertiary/aromatic N) is 4. The first-order chi connectivity index (χ1) is 9.41. The molecule has 1 saturated carbocycles. The molecule has 6 nitrogen and oxygen atoms in total. The lowest BCUT2D eigenvalue weighted by molar-refractivity contribution is -0.122. The van der Waals surface area contributed by atoms with Crippen LogP contribution in [-0.4, -0.2) is 26.3 Å². The Balaban J connectivity index is 2.29. The van der Waals surface area contributed by atoms with Gasteiger partial charge in [-0.25, -0.2) is 4.98 Å². The summed E-state index contributed by atoms with van der Waals surface area (Å²) in [5.41, 5.74) is -0.821. The molecule has 1 aromatic rings. The smallest absolute Gasteiger partial charge is 0.228 e. The normalized spacial score (nSPS) is 19.5. The SMILES string of the molecule is CC(C)(C#N)Nc1nc(Cl)nc(C2CCCCC2=O)n1. The maximum absolute atomic E-state index is 11.9. The molecule has 0 aromatic carbocycles. The number of anilines is 1. The summed E-state index contributed by atoms with van der Waals surface area (Å²) < 4.78 is 0. The molecule has 1 aliphatic carbocycles. The molecule has 0 aliphatic heterocycles. The zero-order valence-electron chi connectivity index (χ0n) is 11.5. The Morgan fingerprint density at radius 3 is 2.75 bits per heavy atom. The van der Waals surface area contributed by atoms with Gasteiger partial charge < -0.3 is 5.32 Å². The molecule has 1 heterocycles. The Bertz CT molecular complexity index is 566. The van der Waals surface area contributed by atoms with Crippen LogP contribution in [0.1, 0.15) is 51.3 Å². The average Bonchev–Trinajstić information content (AvgIpc) is 2.38. The van der Waals surface area contributed by atoms with Crippen molar-refractivity contribution >= 4 is 23.3 Å². The van der Waals surface area contributed by atoms with Gasteiger partial charge in [-0.3, -0.25) is 4.79 Å². The van der Waals surface area contributed by atoms with E-state index >= 15 is 0 Å². The summed E-state index contributed by atoms with van der Waals surface area (Å²) in [5, 5.41) is 11.9. The number of carbonyl (C=O) groups excluding carboxylic acids is 1. The molecule has 1 N–H and O–H groups in total. The molecule has 106 valence electrons. The highest BCUT2D eigenvalue weighted by Crippen LogP contribution is 2.28. The predicted molar refractivity (Wildman–Crippen MR) is 74.4 cm³/mol. The van der Waals surface area contributed by atoms with E-state index in [4.69, 9.17) is 16.9 Å². The van der Waals surface area contributed by atoms with E-state index in [2.05, 4.69) is 26.3 Å². The topological polar surface area (TPSA) is 91.6 Å². The van der Waals surface area contributed by atoms with Crippen molar-refractivity contribution in [1.82, 2.24) is 15.0 Å². The van der Waals surface area contributed by atoms with Crippen molar-refractivity contribution < 1.29 is 4.79 Å². The molecule has 2 rings (SSSR count). The molecule has 1 fully saturated rings. The van der Waals surface area contributed by atoms with Crippen LogP contribution in [0.15, 0.2) is 0 Å². The van der Waals surface area contributed by atoms with Crippen LogP contribution < -0.4 is 5.32 Å². The summed E-state index contributed by atoms with van der Waals surface area (Å²) in [6.45, 7) is 3.41. The summed E-state index contributed by atoms with van der Waals surface area (Å²) in [4.78, 5) is 24.2. The van der Waals surface area contributed by atoms with E-state index in [1.54, 1.807) is 13.8 Å². The highest BCUT2D eigenvalue weighted by molar-refractivity contribution is 6.28. The van der Waals surface area contributed by atoms with Crippen LogP contribution in [0.2, 0.25) is 5.28 Å². The van der Waals surface area contributed by atoms with Gasteiger partial charge in [0.25, 0.3) is 0 Å². The molecule has 1 aromatic heterocycles. The summed E-state index contributed by atoms with van der Waals surface area (Å²) in [5.74, 6) is 0.454. The Hall–Kier alpha value is -1.74. The molecule has 0 spiro atoms. The van der Waals surface area contributed by atoms with E-state index in [1.807, 2.05) is 0 Å². The third-order valence-corrected chi connectivity index (χ3v) is 3.36. The van der Waals surface area contributed by atoms with E-state index in [0.29, 0.717) is 12.2 Å². The number of carbonyl (C=O) groups is 1. The van der Waals surface area contributed by atoms with Gasteiger partial charge in [0, 0.05) is 6.42 Å². The highest BCUT2D eigenvalue weighted by Gasteiger charge is 2.28. The maximum Gasteiger partial charge on any atom is 0.228 e. The minimum Gasteiger partial charge on any atom is -0.336 e. The largest absolute Gasteiger partial charge is 0.336 e. The van der Waals surface area contributed by atoms with Gasteiger partial charge in [0.15, 0.2) is 0 Å². The fourth-order valence-electron chi connectivity index (χ4n) is 2.14. The van der Waals surface area contributed by atoms with Crippen LogP contribution in [0.3, 0.4) is 0 Å². The first-order valence-corrected chi connectivity index (χ1v) is 6.93. The van der Waals surface area contributed by atoms with Gasteiger partial charge in [0.2, 0.25) is 11.2 Å². The summed E-state index contributed by atoms with van der Waals surface area (Å²) >= 11 is 5.89. The first-order valence-electron chi connectivity index (χ1n) is 6.55. The second-order valence-corrected chi connectivity index (χ2v) is 5.75. The Morgan fingerprint density at radius 2 is 2.10 bits per heavy atom. The fourth-order valence-corrected chi connectivity index (χ4v) is 2.31. The van der Waals surface area contributed by atoms with Crippen molar-refractivity contribution in [2.45, 2.75) is 51.0 Å². The number of Topliss-reactive ketones (excluding diaryl/α,β-unsaturated/α-hetero) is 1. The van der Waals surface area contributed by atoms with Gasteiger partial charge in [-0.15, -0.1) is 0 Å². The fraction of sp³-hybridized carbons (Fsp3) is 0.615. The number of nitrogens with one attached hydrogen (secondary N) is 1. The molecule has 1 unspecified atom stereocenters. The van der Waals surface area contributed by atoms with Gasteiger partial charge in [0.1, 0.15) is 17.1 Å². The lowest BCUT2D eigenvalue weighted by Gasteiger charge is -2.21. The molecule has 7 heteroatoms. The number of halogens is 1. The molecule has 20 heavy (non-hydrogen) atoms. The number of aromatic nitrogens is 3. The lowest BCUT2D eigenvalue weighted by atomic mass is 9.87. The molecular weight excluding hydrogens is 278 g/mol. The van der Waals surface area contributed by atoms with Crippen molar-refractivity contribution in [3.63, 3.8) is 0 Å². The van der Waals surface area contributed by atoms with Gasteiger partial charge in [-0.1, -0.05) is 6.42 Å². The van der Waals surface area contributed by atoms with Crippen LogP contribution >= 0.6 is 11.6 Å². The maximum atomic E-state index is 11.9. The number of hydrogen-bond acceptors (Lipinski definition) is 6. The van der Waals surface area contributed by atoms with E-state index in [9.17, 15) is 4.79 Å². The van der Waals surface area contributed by atoms with Gasteiger partial charge in [-0.2, -0.15) is 15.2 Å². The van der Waals surface area contributed by atoms with E-state index in [0.717, 1.165) is 19.3 Å². The summed E-state index contributed by atoms with van der Waals surface area (Å²) in [7, 11) is 0. The van der Waals surface area contributed by atoms with Crippen LogP contribution in [0.5, 0.6) is 0 Å².